The molecule has 0 aliphatic heterocycles. The summed E-state index contributed by atoms with van der Waals surface area (Å²) in [5.74, 6) is 0.0862. The topological polar surface area (TPSA) is 17.1 Å². The lowest BCUT2D eigenvalue weighted by atomic mass is 10.0. The van der Waals surface area contributed by atoms with Gasteiger partial charge in [-0.3, -0.25) is 4.79 Å². The number of benzene rings is 3. The molecule has 0 fully saturated rings. The van der Waals surface area contributed by atoms with Gasteiger partial charge in [0.1, 0.15) is 0 Å². The third-order valence-electron chi connectivity index (χ3n) is 3.87. The molecular weight excluding hydrogens is 407 g/mol. The minimum atomic E-state index is -0.0846. The highest BCUT2D eigenvalue weighted by molar-refractivity contribution is 7.99. The van der Waals surface area contributed by atoms with Gasteiger partial charge in [-0.15, -0.1) is 11.8 Å². The zero-order valence-electron chi connectivity index (χ0n) is 13.7. The number of hydrogen-bond donors (Lipinski definition) is 0. The van der Waals surface area contributed by atoms with Crippen molar-refractivity contribution in [3.63, 3.8) is 0 Å². The second-order valence-electron chi connectivity index (χ2n) is 5.73. The highest BCUT2D eigenvalue weighted by atomic mass is 35.5. The van der Waals surface area contributed by atoms with E-state index in [9.17, 15) is 4.79 Å². The number of Topliss-reactive ketones (excluding diaryl/α,β-unsaturated/α-hetero) is 1. The summed E-state index contributed by atoms with van der Waals surface area (Å²) in [5, 5.41) is 1.74. The average Bonchev–Trinajstić information content (AvgIpc) is 2.64. The summed E-state index contributed by atoms with van der Waals surface area (Å²) in [6.45, 7) is 0. The molecule has 0 bridgehead atoms. The number of carbonyl (C=O) groups is 1. The molecule has 0 saturated carbocycles. The second kappa shape index (κ2) is 8.96. The van der Waals surface area contributed by atoms with Gasteiger partial charge in [-0.1, -0.05) is 77.3 Å². The first kappa shape index (κ1) is 19.3. The average molecular weight is 422 g/mol. The van der Waals surface area contributed by atoms with Crippen molar-refractivity contribution in [1.82, 2.24) is 0 Å². The Kier molecular flexibility index (Phi) is 6.66. The molecule has 0 aliphatic carbocycles. The molecule has 0 aliphatic rings. The molecule has 0 heterocycles. The third-order valence-corrected chi connectivity index (χ3v) is 6.12. The van der Waals surface area contributed by atoms with Crippen molar-refractivity contribution < 1.29 is 4.79 Å². The molecule has 0 radical (unpaired) electrons. The fourth-order valence-electron chi connectivity index (χ4n) is 2.54. The van der Waals surface area contributed by atoms with E-state index in [2.05, 4.69) is 0 Å². The van der Waals surface area contributed by atoms with Crippen LogP contribution in [0.25, 0.3) is 0 Å². The first-order valence-electron chi connectivity index (χ1n) is 7.98. The van der Waals surface area contributed by atoms with Crippen LogP contribution < -0.4 is 0 Å². The summed E-state index contributed by atoms with van der Waals surface area (Å²) in [5.41, 5.74) is 1.73. The maximum Gasteiger partial charge on any atom is 0.164 e. The summed E-state index contributed by atoms with van der Waals surface area (Å²) in [6, 6.07) is 22.3. The van der Waals surface area contributed by atoms with E-state index in [1.165, 1.54) is 0 Å². The molecule has 26 heavy (non-hydrogen) atoms. The van der Waals surface area contributed by atoms with E-state index >= 15 is 0 Å². The Hall–Kier alpha value is -1.45. The van der Waals surface area contributed by atoms with Crippen LogP contribution in [0.4, 0.5) is 0 Å². The van der Waals surface area contributed by atoms with Gasteiger partial charge in [0.25, 0.3) is 0 Å². The molecule has 132 valence electrons. The van der Waals surface area contributed by atoms with Crippen molar-refractivity contribution in [3.8, 4) is 0 Å². The molecule has 1 nitrogen and oxygen atoms in total. The predicted octanol–water partition coefficient (Wildman–Crippen LogP) is 7.75. The zero-order chi connectivity index (χ0) is 18.5. The summed E-state index contributed by atoms with van der Waals surface area (Å²) >= 11 is 19.9. The summed E-state index contributed by atoms with van der Waals surface area (Å²) < 4.78 is 0. The van der Waals surface area contributed by atoms with Crippen LogP contribution in [0, 0.1) is 0 Å². The number of ketones is 1. The maximum atomic E-state index is 12.7. The van der Waals surface area contributed by atoms with Gasteiger partial charge >= 0.3 is 0 Å². The Bertz CT molecular complexity index is 895. The van der Waals surface area contributed by atoms with E-state index in [1.807, 2.05) is 60.7 Å². The molecule has 3 aromatic rings. The van der Waals surface area contributed by atoms with Crippen LogP contribution in [0.2, 0.25) is 15.1 Å². The van der Waals surface area contributed by atoms with Crippen molar-refractivity contribution in [2.24, 2.45) is 0 Å². The highest BCUT2D eigenvalue weighted by Crippen LogP contribution is 2.42. The third kappa shape index (κ3) is 5.05. The normalized spacial score (nSPS) is 12.0. The smallest absolute Gasteiger partial charge is 0.164 e. The number of carbonyl (C=O) groups excluding carboxylic acids is 1. The monoisotopic (exact) mass is 420 g/mol. The van der Waals surface area contributed by atoms with E-state index in [1.54, 1.807) is 23.9 Å². The lowest BCUT2D eigenvalue weighted by molar-refractivity contribution is 0.0982. The lowest BCUT2D eigenvalue weighted by Gasteiger charge is -2.18. The molecule has 0 saturated heterocycles. The van der Waals surface area contributed by atoms with Gasteiger partial charge in [0, 0.05) is 32.2 Å². The Morgan fingerprint density at radius 2 is 1.50 bits per heavy atom. The number of hydrogen-bond acceptors (Lipinski definition) is 2. The van der Waals surface area contributed by atoms with Crippen LogP contribution in [0.3, 0.4) is 0 Å². The molecule has 5 heteroatoms. The standard InChI is InChI=1S/C21H15Cl3OS/c22-16-8-6-15(7-9-16)21(13-19(25)14-4-2-1-3-5-14)26-20-11-10-17(23)12-18(20)24/h1-12,21H,13H2. The van der Waals surface area contributed by atoms with Gasteiger partial charge < -0.3 is 0 Å². The molecule has 3 aromatic carbocycles. The van der Waals surface area contributed by atoms with E-state index in [0.29, 0.717) is 27.1 Å². The minimum Gasteiger partial charge on any atom is -0.294 e. The predicted molar refractivity (Wildman–Crippen MR) is 112 cm³/mol. The quantitative estimate of drug-likeness (QED) is 0.299. The summed E-state index contributed by atoms with van der Waals surface area (Å²) in [4.78, 5) is 13.6. The van der Waals surface area contributed by atoms with E-state index in [0.717, 1.165) is 10.5 Å². The SMILES string of the molecule is O=C(CC(Sc1ccc(Cl)cc1Cl)c1ccc(Cl)cc1)c1ccccc1. The minimum absolute atomic E-state index is 0.0846. The van der Waals surface area contributed by atoms with Crippen LogP contribution in [0.5, 0.6) is 0 Å². The highest BCUT2D eigenvalue weighted by Gasteiger charge is 2.20. The molecule has 1 unspecified atom stereocenters. The Morgan fingerprint density at radius 1 is 0.846 bits per heavy atom. The largest absolute Gasteiger partial charge is 0.294 e. The van der Waals surface area contributed by atoms with Gasteiger partial charge in [0.05, 0.1) is 5.02 Å². The van der Waals surface area contributed by atoms with Gasteiger partial charge in [0.15, 0.2) is 5.78 Å². The Balaban J connectivity index is 1.88. The fraction of sp³-hybridized carbons (Fsp3) is 0.0952. The van der Waals surface area contributed by atoms with Gasteiger partial charge in [-0.05, 0) is 35.9 Å². The lowest BCUT2D eigenvalue weighted by Crippen LogP contribution is -2.05. The molecule has 0 spiro atoms. The van der Waals surface area contributed by atoms with Gasteiger partial charge in [0.2, 0.25) is 0 Å². The van der Waals surface area contributed by atoms with Crippen molar-refractivity contribution in [2.75, 3.05) is 0 Å². The van der Waals surface area contributed by atoms with Crippen LogP contribution >= 0.6 is 46.6 Å². The van der Waals surface area contributed by atoms with Crippen molar-refractivity contribution in [2.45, 2.75) is 16.6 Å². The molecule has 1 atom stereocenters. The second-order valence-corrected chi connectivity index (χ2v) is 8.25. The number of halogens is 3. The summed E-state index contributed by atoms with van der Waals surface area (Å²) in [6.07, 6.45) is 0.356. The molecule has 0 amide bonds. The van der Waals surface area contributed by atoms with Crippen LogP contribution in [-0.4, -0.2) is 5.78 Å². The van der Waals surface area contributed by atoms with Gasteiger partial charge in [-0.25, -0.2) is 0 Å². The maximum absolute atomic E-state index is 12.7. The van der Waals surface area contributed by atoms with Crippen molar-refractivity contribution in [1.29, 1.82) is 0 Å². The van der Waals surface area contributed by atoms with Crippen LogP contribution in [0.15, 0.2) is 77.7 Å². The first-order chi connectivity index (χ1) is 12.5. The zero-order valence-corrected chi connectivity index (χ0v) is 16.7. The Labute approximate surface area is 172 Å². The Morgan fingerprint density at radius 3 is 2.15 bits per heavy atom. The van der Waals surface area contributed by atoms with E-state index in [-0.39, 0.29) is 11.0 Å². The van der Waals surface area contributed by atoms with Crippen LogP contribution in [0.1, 0.15) is 27.6 Å². The molecule has 0 aromatic heterocycles. The molecule has 3 rings (SSSR count). The molecule has 0 N–H and O–H groups in total. The van der Waals surface area contributed by atoms with E-state index in [4.69, 9.17) is 34.8 Å². The summed E-state index contributed by atoms with van der Waals surface area (Å²) in [7, 11) is 0. The van der Waals surface area contributed by atoms with Crippen LogP contribution in [-0.2, 0) is 0 Å². The molecular formula is C21H15Cl3OS. The first-order valence-corrected chi connectivity index (χ1v) is 10.00. The number of thioether (sulfide) groups is 1. The van der Waals surface area contributed by atoms with E-state index < -0.39 is 0 Å². The fourth-order valence-corrected chi connectivity index (χ4v) is 4.36. The van der Waals surface area contributed by atoms with Crippen molar-refractivity contribution >= 4 is 52.3 Å². The van der Waals surface area contributed by atoms with Crippen molar-refractivity contribution in [3.05, 3.63) is 99.0 Å². The number of rotatable bonds is 6. The van der Waals surface area contributed by atoms with Gasteiger partial charge in [-0.2, -0.15) is 0 Å².